The highest BCUT2D eigenvalue weighted by Crippen LogP contribution is 2.29. The van der Waals surface area contributed by atoms with E-state index < -0.39 is 0 Å². The van der Waals surface area contributed by atoms with Gasteiger partial charge in [-0.25, -0.2) is 4.98 Å². The number of hydrogen-bond donors (Lipinski definition) is 1. The summed E-state index contributed by atoms with van der Waals surface area (Å²) in [4.78, 5) is 36.2. The average molecular weight is 431 g/mol. The number of thiazole rings is 1. The fourth-order valence-corrected chi connectivity index (χ4v) is 4.10. The molecule has 0 bridgehead atoms. The van der Waals surface area contributed by atoms with Gasteiger partial charge in [-0.3, -0.25) is 14.2 Å². The van der Waals surface area contributed by atoms with Crippen LogP contribution < -0.4 is 25.2 Å². The van der Waals surface area contributed by atoms with Crippen molar-refractivity contribution < 1.29 is 19.0 Å². The van der Waals surface area contributed by atoms with Gasteiger partial charge in [0.25, 0.3) is 5.56 Å². The number of methoxy groups -OCH3 is 2. The van der Waals surface area contributed by atoms with Crippen LogP contribution in [0.2, 0.25) is 0 Å². The minimum Gasteiger partial charge on any atom is -0.497 e. The smallest absolute Gasteiger partial charge is 0.273 e. The Bertz CT molecular complexity index is 1120. The highest BCUT2D eigenvalue weighted by atomic mass is 32.1. The van der Waals surface area contributed by atoms with Gasteiger partial charge in [0, 0.05) is 19.2 Å². The summed E-state index contributed by atoms with van der Waals surface area (Å²) in [6.07, 6.45) is 1.35. The summed E-state index contributed by atoms with van der Waals surface area (Å²) in [7, 11) is 3.05. The lowest BCUT2D eigenvalue weighted by Gasteiger charge is -2.25. The van der Waals surface area contributed by atoms with Crippen molar-refractivity contribution in [2.24, 2.45) is 0 Å². The van der Waals surface area contributed by atoms with Crippen LogP contribution in [0.1, 0.15) is 0 Å². The van der Waals surface area contributed by atoms with E-state index in [0.717, 1.165) is 18.2 Å². The summed E-state index contributed by atoms with van der Waals surface area (Å²) >= 11 is 1.28. The van der Waals surface area contributed by atoms with Gasteiger partial charge in [-0.15, -0.1) is 0 Å². The number of carbonyl (C=O) groups excluding carboxylic acids is 1. The molecule has 11 heteroatoms. The number of morpholine rings is 1. The lowest BCUT2D eigenvalue weighted by Crippen LogP contribution is -2.36. The monoisotopic (exact) mass is 431 g/mol. The van der Waals surface area contributed by atoms with E-state index in [1.165, 1.54) is 29.3 Å². The zero-order chi connectivity index (χ0) is 21.1. The first-order valence-electron chi connectivity index (χ1n) is 9.29. The number of anilines is 2. The van der Waals surface area contributed by atoms with Gasteiger partial charge in [0.1, 0.15) is 29.1 Å². The molecule has 1 fully saturated rings. The summed E-state index contributed by atoms with van der Waals surface area (Å²) in [6.45, 7) is 2.52. The summed E-state index contributed by atoms with van der Waals surface area (Å²) in [5.74, 6) is 0.692. The minimum atomic E-state index is -0.375. The zero-order valence-corrected chi connectivity index (χ0v) is 17.4. The molecule has 1 saturated heterocycles. The van der Waals surface area contributed by atoms with Gasteiger partial charge in [0.2, 0.25) is 5.91 Å². The van der Waals surface area contributed by atoms with Crippen LogP contribution in [0.5, 0.6) is 11.5 Å². The van der Waals surface area contributed by atoms with Crippen LogP contribution in [0.4, 0.5) is 10.8 Å². The molecule has 10 nitrogen and oxygen atoms in total. The van der Waals surface area contributed by atoms with Crippen molar-refractivity contribution in [3.63, 3.8) is 0 Å². The Kier molecular flexibility index (Phi) is 5.81. The maximum absolute atomic E-state index is 12.8. The molecule has 0 radical (unpaired) electrons. The van der Waals surface area contributed by atoms with Crippen LogP contribution in [0.15, 0.2) is 29.3 Å². The molecule has 0 saturated carbocycles. The number of benzene rings is 1. The molecule has 158 valence electrons. The van der Waals surface area contributed by atoms with Gasteiger partial charge in [-0.1, -0.05) is 11.3 Å². The summed E-state index contributed by atoms with van der Waals surface area (Å²) in [6, 6.07) is 5.06. The normalized spacial score (nSPS) is 14.0. The molecule has 1 aromatic carbocycles. The van der Waals surface area contributed by atoms with Crippen molar-refractivity contribution in [3.05, 3.63) is 34.9 Å². The number of nitrogens with one attached hydrogen (secondary N) is 1. The third-order valence-electron chi connectivity index (χ3n) is 4.65. The first-order chi connectivity index (χ1) is 14.6. The van der Waals surface area contributed by atoms with E-state index in [9.17, 15) is 9.59 Å². The van der Waals surface area contributed by atoms with E-state index in [-0.39, 0.29) is 18.0 Å². The molecular formula is C19H21N5O5S. The van der Waals surface area contributed by atoms with Crippen molar-refractivity contribution in [3.8, 4) is 11.5 Å². The standard InChI is InChI=1S/C19H21N5O5S/c1-27-12-3-4-13(14(9-12)28-2)21-15(25)10-24-11-20-17-16(18(24)26)30-19(22-17)23-5-7-29-8-6-23/h3-4,9,11H,5-8,10H2,1-2H3,(H,21,25). The van der Waals surface area contributed by atoms with Crippen LogP contribution in [-0.2, 0) is 16.1 Å². The fourth-order valence-electron chi connectivity index (χ4n) is 3.08. The van der Waals surface area contributed by atoms with Crippen LogP contribution in [-0.4, -0.2) is 61.0 Å². The topological polar surface area (TPSA) is 108 Å². The third-order valence-corrected chi connectivity index (χ3v) is 5.74. The molecule has 1 N–H and O–H groups in total. The maximum atomic E-state index is 12.8. The van der Waals surface area contributed by atoms with E-state index in [2.05, 4.69) is 20.2 Å². The Morgan fingerprint density at radius 1 is 1.27 bits per heavy atom. The Hall–Kier alpha value is -3.18. The second-order valence-corrected chi connectivity index (χ2v) is 7.52. The molecule has 3 aromatic rings. The van der Waals surface area contributed by atoms with E-state index in [1.54, 1.807) is 25.3 Å². The number of fused-ring (bicyclic) bond motifs is 1. The molecule has 1 amide bonds. The second-order valence-electron chi connectivity index (χ2n) is 6.54. The first kappa shape index (κ1) is 20.1. The van der Waals surface area contributed by atoms with Gasteiger partial charge < -0.3 is 24.4 Å². The van der Waals surface area contributed by atoms with Crippen LogP contribution in [0, 0.1) is 0 Å². The van der Waals surface area contributed by atoms with Crippen molar-refractivity contribution in [2.75, 3.05) is 50.7 Å². The summed E-state index contributed by atoms with van der Waals surface area (Å²) < 4.78 is 17.5. The quantitative estimate of drug-likeness (QED) is 0.623. The van der Waals surface area contributed by atoms with E-state index in [1.807, 2.05) is 0 Å². The molecule has 0 atom stereocenters. The van der Waals surface area contributed by atoms with Gasteiger partial charge in [0.15, 0.2) is 10.8 Å². The number of aromatic nitrogens is 3. The Morgan fingerprint density at radius 3 is 2.80 bits per heavy atom. The van der Waals surface area contributed by atoms with Crippen LogP contribution >= 0.6 is 11.3 Å². The molecule has 30 heavy (non-hydrogen) atoms. The molecule has 3 heterocycles. The van der Waals surface area contributed by atoms with Crippen molar-refractivity contribution in [1.82, 2.24) is 14.5 Å². The summed E-state index contributed by atoms with van der Waals surface area (Å²) in [5.41, 5.74) is 0.576. The van der Waals surface area contributed by atoms with Crippen LogP contribution in [0.3, 0.4) is 0 Å². The van der Waals surface area contributed by atoms with Crippen molar-refractivity contribution in [2.45, 2.75) is 6.54 Å². The van der Waals surface area contributed by atoms with E-state index in [4.69, 9.17) is 14.2 Å². The predicted molar refractivity (Wildman–Crippen MR) is 113 cm³/mol. The lowest BCUT2D eigenvalue weighted by atomic mass is 10.2. The van der Waals surface area contributed by atoms with E-state index in [0.29, 0.717) is 40.7 Å². The van der Waals surface area contributed by atoms with Gasteiger partial charge in [-0.05, 0) is 12.1 Å². The van der Waals surface area contributed by atoms with E-state index >= 15 is 0 Å². The molecule has 1 aliphatic heterocycles. The van der Waals surface area contributed by atoms with Gasteiger partial charge in [0.05, 0.1) is 33.1 Å². The summed E-state index contributed by atoms with van der Waals surface area (Å²) in [5, 5.41) is 3.49. The molecule has 0 aliphatic carbocycles. The van der Waals surface area contributed by atoms with Gasteiger partial charge >= 0.3 is 0 Å². The predicted octanol–water partition coefficient (Wildman–Crippen LogP) is 1.35. The van der Waals surface area contributed by atoms with Crippen molar-refractivity contribution >= 4 is 38.4 Å². The SMILES string of the molecule is COc1ccc(NC(=O)Cn2cnc3nc(N4CCOCC4)sc3c2=O)c(OC)c1. The number of amides is 1. The molecule has 0 spiro atoms. The molecule has 2 aromatic heterocycles. The first-order valence-corrected chi connectivity index (χ1v) is 10.1. The number of hydrogen-bond acceptors (Lipinski definition) is 9. The number of rotatable bonds is 6. The number of carbonyl (C=O) groups is 1. The Morgan fingerprint density at radius 2 is 2.07 bits per heavy atom. The highest BCUT2D eigenvalue weighted by molar-refractivity contribution is 7.22. The minimum absolute atomic E-state index is 0.179. The Balaban J connectivity index is 1.53. The molecule has 1 aliphatic rings. The highest BCUT2D eigenvalue weighted by Gasteiger charge is 2.19. The average Bonchev–Trinajstić information content (AvgIpc) is 3.22. The van der Waals surface area contributed by atoms with Crippen LogP contribution in [0.25, 0.3) is 10.3 Å². The lowest BCUT2D eigenvalue weighted by molar-refractivity contribution is -0.116. The second kappa shape index (κ2) is 8.67. The Labute approximate surface area is 176 Å². The molecule has 4 rings (SSSR count). The third kappa shape index (κ3) is 4.07. The molecule has 0 unspecified atom stereocenters. The van der Waals surface area contributed by atoms with Crippen molar-refractivity contribution in [1.29, 1.82) is 0 Å². The zero-order valence-electron chi connectivity index (χ0n) is 16.6. The number of ether oxygens (including phenoxy) is 3. The largest absolute Gasteiger partial charge is 0.497 e. The van der Waals surface area contributed by atoms with Gasteiger partial charge in [-0.2, -0.15) is 4.98 Å². The number of nitrogens with zero attached hydrogens (tertiary/aromatic N) is 4. The molecular weight excluding hydrogens is 410 g/mol. The fraction of sp³-hybridized carbons (Fsp3) is 0.368. The maximum Gasteiger partial charge on any atom is 0.273 e.